The predicted molar refractivity (Wildman–Crippen MR) is 136 cm³/mol. The van der Waals surface area contributed by atoms with E-state index >= 15 is 0 Å². The molecular weight excluding hydrogens is 492 g/mol. The summed E-state index contributed by atoms with van der Waals surface area (Å²) in [5.41, 5.74) is 5.49. The zero-order valence-electron chi connectivity index (χ0n) is 22.2. The summed E-state index contributed by atoms with van der Waals surface area (Å²) < 4.78 is 11.5. The van der Waals surface area contributed by atoms with E-state index < -0.39 is 35.8 Å². The fourth-order valence-corrected chi connectivity index (χ4v) is 5.28. The Morgan fingerprint density at radius 3 is 2.39 bits per heavy atom. The van der Waals surface area contributed by atoms with Gasteiger partial charge in [-0.3, -0.25) is 29.4 Å². The number of rotatable bonds is 8. The van der Waals surface area contributed by atoms with Crippen molar-refractivity contribution in [1.29, 1.82) is 0 Å². The second-order valence-electron chi connectivity index (χ2n) is 11.2. The highest BCUT2D eigenvalue weighted by atomic mass is 16.6. The van der Waals surface area contributed by atoms with Gasteiger partial charge >= 0.3 is 6.09 Å². The normalized spacial score (nSPS) is 21.8. The van der Waals surface area contributed by atoms with Crippen LogP contribution in [0.15, 0.2) is 18.2 Å². The SMILES string of the molecule is CC(C)(C)C(CCCN1CCC(Oc2ccc3c(c2)C(=O)N(C2CCC(=O)NC2=O)C3=O)CC1)OC(N)=O. The van der Waals surface area contributed by atoms with Crippen LogP contribution in [-0.4, -0.2) is 77.4 Å². The van der Waals surface area contributed by atoms with Crippen LogP contribution < -0.4 is 15.8 Å². The molecule has 4 rings (SSSR count). The van der Waals surface area contributed by atoms with E-state index in [9.17, 15) is 24.0 Å². The number of carbonyl (C=O) groups is 5. The number of ether oxygens (including phenoxy) is 2. The third kappa shape index (κ3) is 6.15. The smallest absolute Gasteiger partial charge is 0.404 e. The lowest BCUT2D eigenvalue weighted by Gasteiger charge is -2.33. The highest BCUT2D eigenvalue weighted by molar-refractivity contribution is 6.23. The summed E-state index contributed by atoms with van der Waals surface area (Å²) in [6.07, 6.45) is 2.43. The number of benzene rings is 1. The van der Waals surface area contributed by atoms with Gasteiger partial charge in [-0.2, -0.15) is 0 Å². The van der Waals surface area contributed by atoms with Crippen LogP contribution in [0.25, 0.3) is 0 Å². The molecule has 1 aromatic rings. The van der Waals surface area contributed by atoms with Gasteiger partial charge in [-0.15, -0.1) is 0 Å². The first-order valence-electron chi connectivity index (χ1n) is 13.1. The third-order valence-electron chi connectivity index (χ3n) is 7.41. The molecule has 3 aliphatic rings. The van der Waals surface area contributed by atoms with Crippen LogP contribution in [0.5, 0.6) is 5.75 Å². The molecule has 0 saturated carbocycles. The van der Waals surface area contributed by atoms with E-state index in [1.165, 1.54) is 0 Å². The lowest BCUT2D eigenvalue weighted by atomic mass is 9.86. The summed E-state index contributed by atoms with van der Waals surface area (Å²) in [6, 6.07) is 3.82. The highest BCUT2D eigenvalue weighted by Crippen LogP contribution is 2.31. The van der Waals surface area contributed by atoms with Crippen molar-refractivity contribution in [2.24, 2.45) is 11.1 Å². The molecular formula is C27H36N4O7. The number of nitrogens with two attached hydrogens (primary N) is 1. The predicted octanol–water partition coefficient (Wildman–Crippen LogP) is 2.22. The summed E-state index contributed by atoms with van der Waals surface area (Å²) in [4.78, 5) is 64.1. The standard InChI is InChI=1S/C27H36N4O7/c1-27(2,3)21(38-26(28)36)5-4-12-30-13-10-16(11-14-30)37-17-6-7-18-19(15-17)25(35)31(24(18)34)20-8-9-22(32)29-23(20)33/h6-7,15-16,20-21H,4-5,8-14H2,1-3H3,(H2,28,36)(H,29,32,33). The molecule has 0 radical (unpaired) electrons. The molecule has 3 aliphatic heterocycles. The van der Waals surface area contributed by atoms with E-state index in [-0.39, 0.29) is 41.6 Å². The number of piperidine rings is 2. The van der Waals surface area contributed by atoms with E-state index in [4.69, 9.17) is 15.2 Å². The minimum absolute atomic E-state index is 0.0248. The van der Waals surface area contributed by atoms with Crippen molar-refractivity contribution < 1.29 is 33.4 Å². The van der Waals surface area contributed by atoms with Crippen LogP contribution in [0, 0.1) is 5.41 Å². The van der Waals surface area contributed by atoms with Crippen molar-refractivity contribution >= 4 is 29.7 Å². The van der Waals surface area contributed by atoms with Gasteiger partial charge in [0.05, 0.1) is 11.1 Å². The Balaban J connectivity index is 1.28. The Bertz CT molecular complexity index is 1120. The average Bonchev–Trinajstić information content (AvgIpc) is 3.08. The van der Waals surface area contributed by atoms with Crippen molar-refractivity contribution in [3.63, 3.8) is 0 Å². The summed E-state index contributed by atoms with van der Waals surface area (Å²) >= 11 is 0. The molecule has 2 fully saturated rings. The first kappa shape index (κ1) is 27.6. The maximum Gasteiger partial charge on any atom is 0.404 e. The van der Waals surface area contributed by atoms with Gasteiger partial charge in [0.15, 0.2) is 0 Å². The van der Waals surface area contributed by atoms with Crippen LogP contribution in [0.2, 0.25) is 0 Å². The minimum Gasteiger partial charge on any atom is -0.490 e. The van der Waals surface area contributed by atoms with Crippen molar-refractivity contribution in [3.8, 4) is 5.75 Å². The van der Waals surface area contributed by atoms with Gasteiger partial charge < -0.3 is 20.1 Å². The molecule has 3 heterocycles. The van der Waals surface area contributed by atoms with Gasteiger partial charge in [0.2, 0.25) is 11.8 Å². The van der Waals surface area contributed by atoms with Crippen LogP contribution in [0.1, 0.15) is 80.0 Å². The second-order valence-corrected chi connectivity index (χ2v) is 11.2. The van der Waals surface area contributed by atoms with E-state index in [1.807, 2.05) is 20.8 Å². The Kier molecular flexibility index (Phi) is 8.05. The Morgan fingerprint density at radius 2 is 1.76 bits per heavy atom. The molecule has 38 heavy (non-hydrogen) atoms. The molecule has 2 atom stereocenters. The van der Waals surface area contributed by atoms with Gasteiger partial charge in [-0.25, -0.2) is 4.79 Å². The first-order valence-corrected chi connectivity index (χ1v) is 13.1. The van der Waals surface area contributed by atoms with E-state index in [2.05, 4.69) is 10.2 Å². The van der Waals surface area contributed by atoms with E-state index in [0.717, 1.165) is 50.2 Å². The third-order valence-corrected chi connectivity index (χ3v) is 7.41. The molecule has 206 valence electrons. The van der Waals surface area contributed by atoms with Crippen LogP contribution >= 0.6 is 0 Å². The monoisotopic (exact) mass is 528 g/mol. The zero-order valence-corrected chi connectivity index (χ0v) is 22.2. The number of likely N-dealkylation sites (tertiary alicyclic amines) is 1. The quantitative estimate of drug-likeness (QED) is 0.488. The lowest BCUT2D eigenvalue weighted by molar-refractivity contribution is -0.136. The van der Waals surface area contributed by atoms with Crippen molar-refractivity contribution in [2.75, 3.05) is 19.6 Å². The Morgan fingerprint density at radius 1 is 1.08 bits per heavy atom. The summed E-state index contributed by atoms with van der Waals surface area (Å²) in [5, 5.41) is 2.20. The Hall–Kier alpha value is -3.47. The van der Waals surface area contributed by atoms with Gasteiger partial charge in [0.25, 0.3) is 11.8 Å². The van der Waals surface area contributed by atoms with Crippen molar-refractivity contribution in [3.05, 3.63) is 29.3 Å². The number of hydrogen-bond acceptors (Lipinski definition) is 8. The van der Waals surface area contributed by atoms with Gasteiger partial charge in [-0.05, 0) is 62.3 Å². The molecule has 11 nitrogen and oxygen atoms in total. The van der Waals surface area contributed by atoms with E-state index in [1.54, 1.807) is 18.2 Å². The fraction of sp³-hybridized carbons (Fsp3) is 0.593. The highest BCUT2D eigenvalue weighted by Gasteiger charge is 2.44. The number of fused-ring (bicyclic) bond motifs is 1. The van der Waals surface area contributed by atoms with Gasteiger partial charge in [-0.1, -0.05) is 20.8 Å². The molecule has 0 aliphatic carbocycles. The average molecular weight is 529 g/mol. The van der Waals surface area contributed by atoms with Gasteiger partial charge in [0, 0.05) is 19.5 Å². The summed E-state index contributed by atoms with van der Waals surface area (Å²) in [6.45, 7) is 8.67. The molecule has 0 bridgehead atoms. The van der Waals surface area contributed by atoms with Crippen LogP contribution in [-0.2, 0) is 14.3 Å². The topological polar surface area (TPSA) is 148 Å². The molecule has 0 aromatic heterocycles. The van der Waals surface area contributed by atoms with E-state index in [0.29, 0.717) is 5.75 Å². The zero-order chi connectivity index (χ0) is 27.6. The number of primary amides is 1. The fourth-order valence-electron chi connectivity index (χ4n) is 5.28. The summed E-state index contributed by atoms with van der Waals surface area (Å²) in [7, 11) is 0. The lowest BCUT2D eigenvalue weighted by Crippen LogP contribution is -2.54. The van der Waals surface area contributed by atoms with Crippen LogP contribution in [0.4, 0.5) is 4.79 Å². The summed E-state index contributed by atoms with van der Waals surface area (Å²) in [5.74, 6) is -1.61. The molecule has 2 saturated heterocycles. The number of carbonyl (C=O) groups excluding carboxylic acids is 5. The maximum absolute atomic E-state index is 13.0. The molecule has 11 heteroatoms. The number of amides is 5. The molecule has 0 spiro atoms. The molecule has 5 amide bonds. The second kappa shape index (κ2) is 11.1. The maximum atomic E-state index is 13.0. The largest absolute Gasteiger partial charge is 0.490 e. The van der Waals surface area contributed by atoms with Gasteiger partial charge in [0.1, 0.15) is 24.0 Å². The first-order chi connectivity index (χ1) is 17.9. The van der Waals surface area contributed by atoms with Crippen molar-refractivity contribution in [2.45, 2.75) is 77.5 Å². The Labute approximate surface area is 222 Å². The number of hydrogen-bond donors (Lipinski definition) is 2. The minimum atomic E-state index is -0.991. The number of nitrogens with zero attached hydrogens (tertiary/aromatic N) is 2. The number of nitrogens with one attached hydrogen (secondary N) is 1. The van der Waals surface area contributed by atoms with Crippen molar-refractivity contribution in [1.82, 2.24) is 15.1 Å². The molecule has 1 aromatic carbocycles. The molecule has 3 N–H and O–H groups in total. The molecule has 2 unspecified atom stereocenters. The number of imide groups is 2. The van der Waals surface area contributed by atoms with Crippen LogP contribution in [0.3, 0.4) is 0 Å².